The van der Waals surface area contributed by atoms with Crippen LogP contribution >= 0.6 is 15.9 Å². The molecule has 1 aromatic carbocycles. The SMILES string of the molecule is CS(=O)(=O)N1CCC(CNS(=O)(=O)c2ccc(Br)cc2)CC1. The van der Waals surface area contributed by atoms with Gasteiger partial charge in [-0.3, -0.25) is 0 Å². The molecule has 0 bridgehead atoms. The maximum absolute atomic E-state index is 12.2. The van der Waals surface area contributed by atoms with Gasteiger partial charge < -0.3 is 0 Å². The van der Waals surface area contributed by atoms with Gasteiger partial charge in [-0.1, -0.05) is 15.9 Å². The highest BCUT2D eigenvalue weighted by atomic mass is 79.9. The number of nitrogens with zero attached hydrogens (tertiary/aromatic N) is 1. The number of nitrogens with one attached hydrogen (secondary N) is 1. The Morgan fingerprint density at radius 2 is 1.68 bits per heavy atom. The van der Waals surface area contributed by atoms with Crippen molar-refractivity contribution in [1.82, 2.24) is 9.03 Å². The van der Waals surface area contributed by atoms with E-state index in [0.717, 1.165) is 4.47 Å². The van der Waals surface area contributed by atoms with E-state index < -0.39 is 20.0 Å². The second-order valence-electron chi connectivity index (χ2n) is 5.41. The topological polar surface area (TPSA) is 83.6 Å². The lowest BCUT2D eigenvalue weighted by Gasteiger charge is -2.30. The van der Waals surface area contributed by atoms with Crippen LogP contribution in [0.4, 0.5) is 0 Å². The first-order valence-electron chi connectivity index (χ1n) is 6.89. The Morgan fingerprint density at radius 3 is 2.18 bits per heavy atom. The number of rotatable bonds is 5. The van der Waals surface area contributed by atoms with Gasteiger partial charge in [0.05, 0.1) is 11.2 Å². The van der Waals surface area contributed by atoms with Crippen LogP contribution in [0.25, 0.3) is 0 Å². The Hall–Kier alpha value is -0.480. The summed E-state index contributed by atoms with van der Waals surface area (Å²) in [5.41, 5.74) is 0. The van der Waals surface area contributed by atoms with E-state index in [-0.39, 0.29) is 10.8 Å². The van der Waals surface area contributed by atoms with Crippen LogP contribution in [-0.4, -0.2) is 47.0 Å². The van der Waals surface area contributed by atoms with E-state index in [1.54, 1.807) is 24.3 Å². The van der Waals surface area contributed by atoms with Crippen molar-refractivity contribution in [1.29, 1.82) is 0 Å². The third kappa shape index (κ3) is 4.76. The van der Waals surface area contributed by atoms with Crippen molar-refractivity contribution in [2.24, 2.45) is 5.92 Å². The van der Waals surface area contributed by atoms with Crippen LogP contribution in [0.5, 0.6) is 0 Å². The van der Waals surface area contributed by atoms with Crippen molar-refractivity contribution in [3.63, 3.8) is 0 Å². The van der Waals surface area contributed by atoms with Gasteiger partial charge in [-0.05, 0) is 43.0 Å². The van der Waals surface area contributed by atoms with Gasteiger partial charge in [0.15, 0.2) is 0 Å². The zero-order valence-corrected chi connectivity index (χ0v) is 15.4. The molecule has 1 saturated heterocycles. The van der Waals surface area contributed by atoms with Gasteiger partial charge >= 0.3 is 0 Å². The number of benzene rings is 1. The van der Waals surface area contributed by atoms with Gasteiger partial charge in [0.25, 0.3) is 0 Å². The summed E-state index contributed by atoms with van der Waals surface area (Å²) < 4.78 is 52.1. The highest BCUT2D eigenvalue weighted by molar-refractivity contribution is 9.10. The van der Waals surface area contributed by atoms with Crippen LogP contribution < -0.4 is 4.72 Å². The molecule has 0 radical (unpaired) electrons. The lowest BCUT2D eigenvalue weighted by atomic mass is 9.99. The highest BCUT2D eigenvalue weighted by Crippen LogP contribution is 2.20. The third-order valence-electron chi connectivity index (χ3n) is 3.73. The first kappa shape index (κ1) is 17.9. The van der Waals surface area contributed by atoms with E-state index in [1.807, 2.05) is 0 Å². The van der Waals surface area contributed by atoms with E-state index in [1.165, 1.54) is 10.6 Å². The van der Waals surface area contributed by atoms with Crippen LogP contribution in [0.2, 0.25) is 0 Å². The lowest BCUT2D eigenvalue weighted by Crippen LogP contribution is -2.41. The molecule has 2 rings (SSSR count). The largest absolute Gasteiger partial charge is 0.240 e. The first-order chi connectivity index (χ1) is 10.2. The molecule has 1 aliphatic rings. The molecule has 0 amide bonds. The Labute approximate surface area is 140 Å². The van der Waals surface area contributed by atoms with E-state index >= 15 is 0 Å². The van der Waals surface area contributed by atoms with Gasteiger partial charge in [0.2, 0.25) is 20.0 Å². The molecule has 0 aliphatic carbocycles. The second-order valence-corrected chi connectivity index (χ2v) is 10.1. The number of piperidine rings is 1. The Morgan fingerprint density at radius 1 is 1.14 bits per heavy atom. The predicted octanol–water partition coefficient (Wildman–Crippen LogP) is 1.40. The van der Waals surface area contributed by atoms with Crippen molar-refractivity contribution in [3.05, 3.63) is 28.7 Å². The quantitative estimate of drug-likeness (QED) is 0.794. The van der Waals surface area contributed by atoms with Gasteiger partial charge in [-0.25, -0.2) is 25.9 Å². The molecule has 0 saturated carbocycles. The molecule has 124 valence electrons. The molecule has 0 unspecified atom stereocenters. The fourth-order valence-corrected chi connectivity index (χ4v) is 4.62. The number of sulfonamides is 2. The molecule has 1 fully saturated rings. The number of hydrogen-bond donors (Lipinski definition) is 1. The Bertz CT molecular complexity index is 709. The lowest BCUT2D eigenvalue weighted by molar-refractivity contribution is 0.275. The smallest absolute Gasteiger partial charge is 0.213 e. The summed E-state index contributed by atoms with van der Waals surface area (Å²) in [5, 5.41) is 0. The molecular formula is C13H19BrN2O4S2. The van der Waals surface area contributed by atoms with Crippen molar-refractivity contribution in [2.45, 2.75) is 17.7 Å². The average Bonchev–Trinajstić information content (AvgIpc) is 2.45. The summed E-state index contributed by atoms with van der Waals surface area (Å²) in [6, 6.07) is 6.44. The van der Waals surface area contributed by atoms with Crippen LogP contribution in [0.3, 0.4) is 0 Å². The predicted molar refractivity (Wildman–Crippen MR) is 88.5 cm³/mol. The molecular weight excluding hydrogens is 392 g/mol. The first-order valence-corrected chi connectivity index (χ1v) is 11.0. The zero-order chi connectivity index (χ0) is 16.4. The summed E-state index contributed by atoms with van der Waals surface area (Å²) >= 11 is 3.27. The minimum Gasteiger partial charge on any atom is -0.213 e. The molecule has 6 nitrogen and oxygen atoms in total. The highest BCUT2D eigenvalue weighted by Gasteiger charge is 2.26. The summed E-state index contributed by atoms with van der Waals surface area (Å²) in [6.07, 6.45) is 2.52. The molecule has 22 heavy (non-hydrogen) atoms. The van der Waals surface area contributed by atoms with E-state index in [9.17, 15) is 16.8 Å². The van der Waals surface area contributed by atoms with Crippen LogP contribution in [0.1, 0.15) is 12.8 Å². The minimum absolute atomic E-state index is 0.156. The van der Waals surface area contributed by atoms with E-state index in [0.29, 0.717) is 32.5 Å². The van der Waals surface area contributed by atoms with Crippen LogP contribution in [0.15, 0.2) is 33.6 Å². The molecule has 1 N–H and O–H groups in total. The normalized spacial score (nSPS) is 18.5. The Balaban J connectivity index is 1.90. The van der Waals surface area contributed by atoms with Crippen LogP contribution in [0, 0.1) is 5.92 Å². The van der Waals surface area contributed by atoms with Crippen molar-refractivity contribution in [3.8, 4) is 0 Å². The van der Waals surface area contributed by atoms with Gasteiger partial charge in [0, 0.05) is 24.1 Å². The molecule has 0 aromatic heterocycles. The Kier molecular flexibility index (Phi) is 5.65. The van der Waals surface area contributed by atoms with Crippen molar-refractivity contribution in [2.75, 3.05) is 25.9 Å². The van der Waals surface area contributed by atoms with Crippen molar-refractivity contribution < 1.29 is 16.8 Å². The van der Waals surface area contributed by atoms with E-state index in [4.69, 9.17) is 0 Å². The molecule has 1 aromatic rings. The average molecular weight is 411 g/mol. The summed E-state index contributed by atoms with van der Waals surface area (Å²) in [7, 11) is -6.67. The van der Waals surface area contributed by atoms with Gasteiger partial charge in [-0.15, -0.1) is 0 Å². The van der Waals surface area contributed by atoms with Crippen molar-refractivity contribution >= 4 is 36.0 Å². The molecule has 9 heteroatoms. The standard InChI is InChI=1S/C13H19BrN2O4S2/c1-21(17,18)16-8-6-11(7-9-16)10-15-22(19,20)13-4-2-12(14)3-5-13/h2-5,11,15H,6-10H2,1H3. The number of halogens is 1. The van der Waals surface area contributed by atoms with Gasteiger partial charge in [0.1, 0.15) is 0 Å². The van der Waals surface area contributed by atoms with E-state index in [2.05, 4.69) is 20.7 Å². The molecule has 1 aliphatic heterocycles. The summed E-state index contributed by atoms with van der Waals surface area (Å²) in [5.74, 6) is 0.156. The minimum atomic E-state index is -3.52. The molecule has 1 heterocycles. The maximum atomic E-state index is 12.2. The second kappa shape index (κ2) is 6.96. The fraction of sp³-hybridized carbons (Fsp3) is 0.538. The monoisotopic (exact) mass is 410 g/mol. The maximum Gasteiger partial charge on any atom is 0.240 e. The number of hydrogen-bond acceptors (Lipinski definition) is 4. The summed E-state index contributed by atoms with van der Waals surface area (Å²) in [6.45, 7) is 1.23. The zero-order valence-electron chi connectivity index (χ0n) is 12.2. The molecule has 0 spiro atoms. The third-order valence-corrected chi connectivity index (χ3v) is 7.00. The van der Waals surface area contributed by atoms with Gasteiger partial charge in [-0.2, -0.15) is 0 Å². The molecule has 0 atom stereocenters. The summed E-state index contributed by atoms with van der Waals surface area (Å²) in [4.78, 5) is 0.226. The fourth-order valence-electron chi connectivity index (χ4n) is 2.37. The van der Waals surface area contributed by atoms with Crippen LogP contribution in [-0.2, 0) is 20.0 Å².